The number of aromatic nitrogens is 2. The molecule has 1 saturated heterocycles. The van der Waals surface area contributed by atoms with Crippen molar-refractivity contribution in [1.29, 1.82) is 0 Å². The molecule has 0 N–H and O–H groups in total. The van der Waals surface area contributed by atoms with Crippen molar-refractivity contribution in [3.05, 3.63) is 58.9 Å². The van der Waals surface area contributed by atoms with Crippen molar-refractivity contribution in [3.8, 4) is 23.0 Å². The molecule has 1 aromatic heterocycles. The highest BCUT2D eigenvalue weighted by atomic mass is 35.5. The molecule has 150 valence electrons. The summed E-state index contributed by atoms with van der Waals surface area (Å²) in [5.74, 6) is 2.01. The zero-order valence-electron chi connectivity index (χ0n) is 16.1. The largest absolute Gasteiger partial charge is 0.493 e. The minimum atomic E-state index is -0.123. The summed E-state index contributed by atoms with van der Waals surface area (Å²) in [5.41, 5.74) is 1.64. The van der Waals surface area contributed by atoms with E-state index in [1.165, 1.54) is 0 Å². The summed E-state index contributed by atoms with van der Waals surface area (Å²) >= 11 is 6.22. The summed E-state index contributed by atoms with van der Waals surface area (Å²) in [4.78, 5) is 18.8. The van der Waals surface area contributed by atoms with Crippen molar-refractivity contribution >= 4 is 17.5 Å². The molecule has 4 rings (SSSR count). The van der Waals surface area contributed by atoms with Crippen LogP contribution in [-0.4, -0.2) is 41.7 Å². The van der Waals surface area contributed by atoms with E-state index in [0.29, 0.717) is 47.7 Å². The first-order valence-electron chi connectivity index (χ1n) is 9.16. The molecule has 0 saturated carbocycles. The molecule has 8 heteroatoms. The van der Waals surface area contributed by atoms with Crippen LogP contribution in [0.1, 0.15) is 23.7 Å². The molecule has 29 heavy (non-hydrogen) atoms. The van der Waals surface area contributed by atoms with E-state index in [1.807, 2.05) is 30.3 Å². The standard InChI is InChI=1S/C21H20ClN3O4/c1-27-17-8-7-13(9-18(17)28-2)21-23-20(24-29-21)15-10-19(26)25(12-15)11-14-5-3-4-6-16(14)22/h3-9,15H,10-12H2,1-2H3. The molecule has 2 heterocycles. The van der Waals surface area contributed by atoms with Crippen LogP contribution in [0.2, 0.25) is 5.02 Å². The minimum absolute atomic E-state index is 0.0485. The quantitative estimate of drug-likeness (QED) is 0.609. The Labute approximate surface area is 173 Å². The number of hydrogen-bond acceptors (Lipinski definition) is 6. The van der Waals surface area contributed by atoms with E-state index >= 15 is 0 Å². The van der Waals surface area contributed by atoms with Crippen LogP contribution in [-0.2, 0) is 11.3 Å². The predicted molar refractivity (Wildman–Crippen MR) is 107 cm³/mol. The van der Waals surface area contributed by atoms with Gasteiger partial charge in [-0.3, -0.25) is 4.79 Å². The number of carbonyl (C=O) groups is 1. The number of rotatable bonds is 6. The Morgan fingerprint density at radius 3 is 2.72 bits per heavy atom. The highest BCUT2D eigenvalue weighted by molar-refractivity contribution is 6.31. The maximum absolute atomic E-state index is 12.5. The van der Waals surface area contributed by atoms with Gasteiger partial charge in [0.25, 0.3) is 5.89 Å². The molecule has 3 aromatic rings. The molecule has 1 aliphatic rings. The van der Waals surface area contributed by atoms with Crippen molar-refractivity contribution in [2.75, 3.05) is 20.8 Å². The Kier molecular flexibility index (Phi) is 5.40. The van der Waals surface area contributed by atoms with Crippen LogP contribution in [0.3, 0.4) is 0 Å². The van der Waals surface area contributed by atoms with Crippen molar-refractivity contribution in [1.82, 2.24) is 15.0 Å². The first kappa shape index (κ1) is 19.3. The molecule has 2 aromatic carbocycles. The van der Waals surface area contributed by atoms with Gasteiger partial charge in [-0.25, -0.2) is 0 Å². The van der Waals surface area contributed by atoms with Gasteiger partial charge in [-0.15, -0.1) is 0 Å². The van der Waals surface area contributed by atoms with E-state index < -0.39 is 0 Å². The number of halogens is 1. The van der Waals surface area contributed by atoms with Gasteiger partial charge in [0, 0.05) is 36.0 Å². The summed E-state index contributed by atoms with van der Waals surface area (Å²) in [5, 5.41) is 4.75. The van der Waals surface area contributed by atoms with Gasteiger partial charge < -0.3 is 18.9 Å². The van der Waals surface area contributed by atoms with Crippen LogP contribution in [0, 0.1) is 0 Å². The third kappa shape index (κ3) is 3.91. The molecule has 1 atom stereocenters. The second kappa shape index (κ2) is 8.13. The van der Waals surface area contributed by atoms with E-state index in [1.54, 1.807) is 31.3 Å². The average Bonchev–Trinajstić information content (AvgIpc) is 3.36. The molecule has 0 aliphatic carbocycles. The van der Waals surface area contributed by atoms with Gasteiger partial charge in [-0.05, 0) is 29.8 Å². The Bertz CT molecular complexity index is 1040. The monoisotopic (exact) mass is 413 g/mol. The normalized spacial score (nSPS) is 16.3. The Hall–Kier alpha value is -3.06. The van der Waals surface area contributed by atoms with Crippen LogP contribution in [0.5, 0.6) is 11.5 Å². The Balaban J connectivity index is 1.50. The number of likely N-dealkylation sites (tertiary alicyclic amines) is 1. The van der Waals surface area contributed by atoms with E-state index in [9.17, 15) is 4.79 Å². The molecular weight excluding hydrogens is 394 g/mol. The molecule has 7 nitrogen and oxygen atoms in total. The van der Waals surface area contributed by atoms with Gasteiger partial charge in [0.05, 0.1) is 14.2 Å². The maximum Gasteiger partial charge on any atom is 0.258 e. The first-order chi connectivity index (χ1) is 14.1. The van der Waals surface area contributed by atoms with Gasteiger partial charge in [0.15, 0.2) is 17.3 Å². The van der Waals surface area contributed by atoms with Crippen LogP contribution in [0.25, 0.3) is 11.5 Å². The lowest BCUT2D eigenvalue weighted by Crippen LogP contribution is -2.24. The second-order valence-electron chi connectivity index (χ2n) is 6.79. The summed E-state index contributed by atoms with van der Waals surface area (Å²) in [7, 11) is 3.15. The number of nitrogens with zero attached hydrogens (tertiary/aromatic N) is 3. The number of methoxy groups -OCH3 is 2. The van der Waals surface area contributed by atoms with Crippen molar-refractivity contribution in [3.63, 3.8) is 0 Å². The zero-order valence-corrected chi connectivity index (χ0v) is 16.8. The van der Waals surface area contributed by atoms with Gasteiger partial charge in [0.2, 0.25) is 5.91 Å². The average molecular weight is 414 g/mol. The summed E-state index contributed by atoms with van der Waals surface area (Å²) < 4.78 is 16.0. The molecule has 0 bridgehead atoms. The fraction of sp³-hybridized carbons (Fsp3) is 0.286. The number of benzene rings is 2. The number of amides is 1. The van der Waals surface area contributed by atoms with E-state index in [4.69, 9.17) is 25.6 Å². The predicted octanol–water partition coefficient (Wildman–Crippen LogP) is 3.92. The van der Waals surface area contributed by atoms with Gasteiger partial charge in [-0.1, -0.05) is 35.0 Å². The SMILES string of the molecule is COc1ccc(-c2nc(C3CC(=O)N(Cc4ccccc4Cl)C3)no2)cc1OC. The highest BCUT2D eigenvalue weighted by Gasteiger charge is 2.34. The molecule has 1 unspecified atom stereocenters. The van der Waals surface area contributed by atoms with Crippen molar-refractivity contribution in [2.45, 2.75) is 18.9 Å². The van der Waals surface area contributed by atoms with Gasteiger partial charge in [-0.2, -0.15) is 4.98 Å². The lowest BCUT2D eigenvalue weighted by atomic mass is 10.1. The van der Waals surface area contributed by atoms with Gasteiger partial charge in [0.1, 0.15) is 0 Å². The fourth-order valence-corrected chi connectivity index (χ4v) is 3.61. The van der Waals surface area contributed by atoms with Crippen LogP contribution in [0.15, 0.2) is 47.0 Å². The van der Waals surface area contributed by atoms with Crippen LogP contribution < -0.4 is 9.47 Å². The third-order valence-electron chi connectivity index (χ3n) is 4.97. The molecule has 1 amide bonds. The van der Waals surface area contributed by atoms with E-state index in [0.717, 1.165) is 11.1 Å². The third-order valence-corrected chi connectivity index (χ3v) is 5.34. The number of carbonyl (C=O) groups excluding carboxylic acids is 1. The smallest absolute Gasteiger partial charge is 0.258 e. The van der Waals surface area contributed by atoms with Gasteiger partial charge >= 0.3 is 0 Å². The molecule has 0 radical (unpaired) electrons. The second-order valence-corrected chi connectivity index (χ2v) is 7.20. The summed E-state index contributed by atoms with van der Waals surface area (Å²) in [6.07, 6.45) is 0.343. The molecular formula is C21H20ClN3O4. The first-order valence-corrected chi connectivity index (χ1v) is 9.54. The van der Waals surface area contributed by atoms with Crippen LogP contribution in [0.4, 0.5) is 0 Å². The molecule has 0 spiro atoms. The van der Waals surface area contributed by atoms with E-state index in [-0.39, 0.29) is 11.8 Å². The zero-order chi connectivity index (χ0) is 20.4. The topological polar surface area (TPSA) is 77.7 Å². The molecule has 1 fully saturated rings. The fourth-order valence-electron chi connectivity index (χ4n) is 3.42. The summed E-state index contributed by atoms with van der Waals surface area (Å²) in [6.45, 7) is 0.990. The van der Waals surface area contributed by atoms with Crippen molar-refractivity contribution < 1.29 is 18.8 Å². The van der Waals surface area contributed by atoms with Crippen LogP contribution >= 0.6 is 11.6 Å². The molecule has 1 aliphatic heterocycles. The summed E-state index contributed by atoms with van der Waals surface area (Å²) in [6, 6.07) is 12.9. The van der Waals surface area contributed by atoms with E-state index in [2.05, 4.69) is 10.1 Å². The minimum Gasteiger partial charge on any atom is -0.493 e. The Morgan fingerprint density at radius 2 is 1.97 bits per heavy atom. The lowest BCUT2D eigenvalue weighted by molar-refractivity contribution is -0.128. The number of hydrogen-bond donors (Lipinski definition) is 0. The lowest BCUT2D eigenvalue weighted by Gasteiger charge is -2.16. The number of ether oxygens (including phenoxy) is 2. The van der Waals surface area contributed by atoms with Crippen molar-refractivity contribution in [2.24, 2.45) is 0 Å². The maximum atomic E-state index is 12.5. The highest BCUT2D eigenvalue weighted by Crippen LogP contribution is 2.33. The Morgan fingerprint density at radius 1 is 1.17 bits per heavy atom.